The first-order chi connectivity index (χ1) is 16.2. The Labute approximate surface area is 196 Å². The van der Waals surface area contributed by atoms with Crippen LogP contribution in [0, 0.1) is 11.3 Å². The summed E-state index contributed by atoms with van der Waals surface area (Å²) in [4.78, 5) is 19.7. The second-order valence-electron chi connectivity index (χ2n) is 8.79. The number of rotatable bonds is 7. The van der Waals surface area contributed by atoms with Gasteiger partial charge >= 0.3 is 6.03 Å². The molecular formula is C26H33N5O2. The van der Waals surface area contributed by atoms with E-state index in [9.17, 15) is 4.79 Å². The molecule has 0 aromatic heterocycles. The number of carbonyl (C=O) groups excluding carboxylic acids is 1. The molecule has 0 bridgehead atoms. The smallest absolute Gasteiger partial charge is 0.317 e. The lowest BCUT2D eigenvalue weighted by Crippen LogP contribution is -2.52. The summed E-state index contributed by atoms with van der Waals surface area (Å²) in [6.07, 6.45) is 2.42. The molecule has 1 N–H and O–H groups in total. The molecular weight excluding hydrogens is 414 g/mol. The van der Waals surface area contributed by atoms with E-state index in [-0.39, 0.29) is 12.1 Å². The van der Waals surface area contributed by atoms with Gasteiger partial charge in [0.25, 0.3) is 0 Å². The molecule has 0 aliphatic carbocycles. The van der Waals surface area contributed by atoms with Gasteiger partial charge in [-0.25, -0.2) is 4.79 Å². The Balaban J connectivity index is 1.28. The summed E-state index contributed by atoms with van der Waals surface area (Å²) in [6, 6.07) is 18.3. The summed E-state index contributed by atoms with van der Waals surface area (Å²) in [5.41, 5.74) is 3.09. The van der Waals surface area contributed by atoms with E-state index in [4.69, 9.17) is 10.00 Å². The Morgan fingerprint density at radius 3 is 2.27 bits per heavy atom. The highest BCUT2D eigenvalue weighted by molar-refractivity contribution is 5.74. The molecule has 2 fully saturated rings. The third-order valence-electron chi connectivity index (χ3n) is 6.68. The van der Waals surface area contributed by atoms with Gasteiger partial charge in [-0.15, -0.1) is 0 Å². The number of nitrogens with one attached hydrogen (secondary N) is 1. The van der Waals surface area contributed by atoms with Crippen LogP contribution in [0.1, 0.15) is 35.6 Å². The number of carbonyl (C=O) groups is 1. The van der Waals surface area contributed by atoms with Crippen molar-refractivity contribution in [1.29, 1.82) is 5.26 Å². The number of hydrogen-bond acceptors (Lipinski definition) is 5. The molecule has 2 aliphatic heterocycles. The number of benzene rings is 2. The fraction of sp³-hybridized carbons (Fsp3) is 0.462. The third kappa shape index (κ3) is 6.04. The summed E-state index contributed by atoms with van der Waals surface area (Å²) in [5, 5.41) is 12.1. The third-order valence-corrected chi connectivity index (χ3v) is 6.68. The molecule has 2 aliphatic rings. The zero-order valence-electron chi connectivity index (χ0n) is 19.4. The van der Waals surface area contributed by atoms with Crippen LogP contribution in [0.2, 0.25) is 0 Å². The Kier molecular flexibility index (Phi) is 7.82. The van der Waals surface area contributed by atoms with Crippen LogP contribution in [0.3, 0.4) is 0 Å². The minimum absolute atomic E-state index is 0.0192. The van der Waals surface area contributed by atoms with Gasteiger partial charge < -0.3 is 15.0 Å². The van der Waals surface area contributed by atoms with Crippen molar-refractivity contribution in [3.8, 4) is 11.8 Å². The average Bonchev–Trinajstić information content (AvgIpc) is 3.40. The largest absolute Gasteiger partial charge is 0.497 e. The van der Waals surface area contributed by atoms with E-state index in [2.05, 4.69) is 33.3 Å². The molecule has 0 spiro atoms. The minimum atomic E-state index is 0.0192. The van der Waals surface area contributed by atoms with Gasteiger partial charge in [-0.3, -0.25) is 9.80 Å². The Bertz CT molecular complexity index is 940. The number of piperazine rings is 1. The SMILES string of the molecule is COc1ccc([C@H](CNC(=O)N2CCN(Cc3ccc(C#N)cc3)CC2)N2CCCC2)cc1. The van der Waals surface area contributed by atoms with Crippen LogP contribution in [-0.4, -0.2) is 73.7 Å². The van der Waals surface area contributed by atoms with Crippen molar-refractivity contribution in [3.05, 3.63) is 65.2 Å². The molecule has 1 atom stereocenters. The fourth-order valence-corrected chi connectivity index (χ4v) is 4.68. The van der Waals surface area contributed by atoms with Gasteiger partial charge in [0.2, 0.25) is 0 Å². The Morgan fingerprint density at radius 1 is 1.00 bits per heavy atom. The lowest BCUT2D eigenvalue weighted by atomic mass is 10.1. The lowest BCUT2D eigenvalue weighted by molar-refractivity contribution is 0.132. The zero-order valence-corrected chi connectivity index (χ0v) is 19.4. The molecule has 174 valence electrons. The van der Waals surface area contributed by atoms with E-state index in [0.717, 1.165) is 51.6 Å². The summed E-state index contributed by atoms with van der Waals surface area (Å²) in [7, 11) is 1.68. The van der Waals surface area contributed by atoms with E-state index >= 15 is 0 Å². The van der Waals surface area contributed by atoms with Crippen molar-refractivity contribution >= 4 is 6.03 Å². The topological polar surface area (TPSA) is 71.8 Å². The fourth-order valence-electron chi connectivity index (χ4n) is 4.68. The number of hydrogen-bond donors (Lipinski definition) is 1. The average molecular weight is 448 g/mol. The molecule has 0 saturated carbocycles. The second kappa shape index (κ2) is 11.2. The molecule has 7 heteroatoms. The lowest BCUT2D eigenvalue weighted by Gasteiger charge is -2.35. The van der Waals surface area contributed by atoms with Gasteiger partial charge in [-0.1, -0.05) is 24.3 Å². The molecule has 2 aromatic rings. The molecule has 4 rings (SSSR count). The summed E-state index contributed by atoms with van der Waals surface area (Å²) in [5.74, 6) is 0.849. The minimum Gasteiger partial charge on any atom is -0.497 e. The normalized spacial score (nSPS) is 18.0. The second-order valence-corrected chi connectivity index (χ2v) is 8.79. The van der Waals surface area contributed by atoms with E-state index in [1.807, 2.05) is 41.3 Å². The number of methoxy groups -OCH3 is 1. The van der Waals surface area contributed by atoms with Gasteiger partial charge in [-0.2, -0.15) is 5.26 Å². The van der Waals surface area contributed by atoms with Crippen molar-refractivity contribution in [2.75, 3.05) is 52.9 Å². The molecule has 0 unspecified atom stereocenters. The number of ether oxygens (including phenoxy) is 1. The van der Waals surface area contributed by atoms with Gasteiger partial charge in [0.05, 0.1) is 24.8 Å². The number of amides is 2. The van der Waals surface area contributed by atoms with Crippen molar-refractivity contribution < 1.29 is 9.53 Å². The van der Waals surface area contributed by atoms with Crippen LogP contribution < -0.4 is 10.1 Å². The van der Waals surface area contributed by atoms with Crippen LogP contribution in [0.5, 0.6) is 5.75 Å². The zero-order chi connectivity index (χ0) is 23.0. The molecule has 2 heterocycles. The molecule has 33 heavy (non-hydrogen) atoms. The van der Waals surface area contributed by atoms with E-state index < -0.39 is 0 Å². The molecule has 2 aromatic carbocycles. The van der Waals surface area contributed by atoms with Crippen molar-refractivity contribution in [2.24, 2.45) is 0 Å². The van der Waals surface area contributed by atoms with Gasteiger partial charge in [-0.05, 0) is 61.3 Å². The maximum absolute atomic E-state index is 12.9. The quantitative estimate of drug-likeness (QED) is 0.706. The monoisotopic (exact) mass is 447 g/mol. The maximum Gasteiger partial charge on any atom is 0.317 e. The highest BCUT2D eigenvalue weighted by Gasteiger charge is 2.26. The summed E-state index contributed by atoms with van der Waals surface area (Å²) in [6.45, 7) is 6.73. The highest BCUT2D eigenvalue weighted by Crippen LogP contribution is 2.26. The first kappa shape index (κ1) is 23.1. The van der Waals surface area contributed by atoms with Crippen molar-refractivity contribution in [3.63, 3.8) is 0 Å². The van der Waals surface area contributed by atoms with Crippen LogP contribution in [0.4, 0.5) is 4.79 Å². The van der Waals surface area contributed by atoms with E-state index in [0.29, 0.717) is 12.1 Å². The van der Waals surface area contributed by atoms with Crippen LogP contribution in [0.15, 0.2) is 48.5 Å². The number of urea groups is 1. The van der Waals surface area contributed by atoms with E-state index in [1.165, 1.54) is 24.0 Å². The van der Waals surface area contributed by atoms with Crippen LogP contribution >= 0.6 is 0 Å². The summed E-state index contributed by atoms with van der Waals surface area (Å²) < 4.78 is 5.30. The first-order valence-electron chi connectivity index (χ1n) is 11.8. The van der Waals surface area contributed by atoms with Gasteiger partial charge in [0.1, 0.15) is 5.75 Å². The van der Waals surface area contributed by atoms with E-state index in [1.54, 1.807) is 7.11 Å². The van der Waals surface area contributed by atoms with Crippen LogP contribution in [0.25, 0.3) is 0 Å². The predicted octanol–water partition coefficient (Wildman–Crippen LogP) is 3.23. The molecule has 2 saturated heterocycles. The molecule has 7 nitrogen and oxygen atoms in total. The van der Waals surface area contributed by atoms with Crippen molar-refractivity contribution in [2.45, 2.75) is 25.4 Å². The Morgan fingerprint density at radius 2 is 1.67 bits per heavy atom. The highest BCUT2D eigenvalue weighted by atomic mass is 16.5. The maximum atomic E-state index is 12.9. The number of nitrogens with zero attached hydrogens (tertiary/aromatic N) is 4. The van der Waals surface area contributed by atoms with Crippen LogP contribution in [-0.2, 0) is 6.54 Å². The molecule has 2 amide bonds. The Hall–Kier alpha value is -3.08. The first-order valence-corrected chi connectivity index (χ1v) is 11.8. The number of likely N-dealkylation sites (tertiary alicyclic amines) is 1. The predicted molar refractivity (Wildman–Crippen MR) is 128 cm³/mol. The number of nitriles is 1. The van der Waals surface area contributed by atoms with Gasteiger partial charge in [0.15, 0.2) is 0 Å². The van der Waals surface area contributed by atoms with Gasteiger partial charge in [0, 0.05) is 39.3 Å². The molecule has 0 radical (unpaired) electrons. The standard InChI is InChI=1S/C26H33N5O2/c1-33-24-10-8-23(9-11-24)25(30-12-2-3-13-30)19-28-26(32)31-16-14-29(15-17-31)20-22-6-4-21(18-27)5-7-22/h4-11,25H,2-3,12-17,19-20H2,1H3,(H,28,32)/t25-/m0/s1. The summed E-state index contributed by atoms with van der Waals surface area (Å²) >= 11 is 0. The van der Waals surface area contributed by atoms with Crippen molar-refractivity contribution in [1.82, 2.24) is 20.0 Å².